The number of rotatable bonds is 3. The van der Waals surface area contributed by atoms with Crippen LogP contribution in [-0.4, -0.2) is 62.8 Å². The monoisotopic (exact) mass is 492 g/mol. The van der Waals surface area contributed by atoms with Crippen molar-refractivity contribution < 1.29 is 14.7 Å². The molecule has 10 heteroatoms. The van der Waals surface area contributed by atoms with Gasteiger partial charge in [-0.1, -0.05) is 12.1 Å². The number of fused-ring (bicyclic) bond motifs is 1. The van der Waals surface area contributed by atoms with Gasteiger partial charge in [-0.15, -0.1) is 0 Å². The summed E-state index contributed by atoms with van der Waals surface area (Å²) in [7, 11) is 0. The molecule has 0 unspecified atom stereocenters. The van der Waals surface area contributed by atoms with Crippen LogP contribution in [0.2, 0.25) is 0 Å². The third-order valence-electron chi connectivity index (χ3n) is 4.78. The number of anilines is 1. The number of nitrogens with zero attached hydrogens (tertiary/aromatic N) is 5. The molecule has 2 amide bonds. The number of hydrogen-bond donors (Lipinski definition) is 2. The van der Waals surface area contributed by atoms with Gasteiger partial charge in [0.1, 0.15) is 3.70 Å². The predicted molar refractivity (Wildman–Crippen MR) is 111 cm³/mol. The molecule has 0 spiro atoms. The highest BCUT2D eigenvalue weighted by atomic mass is 127. The number of carbonyl (C=O) groups is 2. The van der Waals surface area contributed by atoms with Crippen molar-refractivity contribution in [1.29, 1.82) is 0 Å². The van der Waals surface area contributed by atoms with Crippen LogP contribution in [0.4, 0.5) is 10.5 Å². The number of hydrogen-bond acceptors (Lipinski definition) is 5. The van der Waals surface area contributed by atoms with Crippen molar-refractivity contribution in [3.63, 3.8) is 0 Å². The van der Waals surface area contributed by atoms with Gasteiger partial charge in [0.05, 0.1) is 6.20 Å². The van der Waals surface area contributed by atoms with E-state index in [-0.39, 0.29) is 5.69 Å². The summed E-state index contributed by atoms with van der Waals surface area (Å²) in [5.74, 6) is -0.602. The summed E-state index contributed by atoms with van der Waals surface area (Å²) in [5, 5.41) is 13.4. The lowest BCUT2D eigenvalue weighted by Gasteiger charge is -2.34. The minimum atomic E-state index is -0.884. The summed E-state index contributed by atoms with van der Waals surface area (Å²) < 4.78 is 2.37. The number of imidazole rings is 1. The number of carboxylic acid groups (broad SMARTS) is 1. The van der Waals surface area contributed by atoms with E-state index in [1.807, 2.05) is 24.3 Å². The van der Waals surface area contributed by atoms with E-state index < -0.39 is 12.0 Å². The zero-order chi connectivity index (χ0) is 19.8. The van der Waals surface area contributed by atoms with E-state index in [2.05, 4.69) is 37.6 Å². The number of amides is 2. The smallest absolute Gasteiger partial charge is 0.407 e. The van der Waals surface area contributed by atoms with E-state index >= 15 is 0 Å². The fourth-order valence-electron chi connectivity index (χ4n) is 3.30. The van der Waals surface area contributed by atoms with Crippen molar-refractivity contribution >= 4 is 45.9 Å². The zero-order valence-electron chi connectivity index (χ0n) is 14.7. The standard InChI is InChI=1S/C18H17IN6O3/c19-14-10-21-15-9-13(16(17(20)26)22-25(14)15)11-1-3-12(4-2-11)23-5-7-24(8-6-23)18(27)28/h1-4,9-10H,5-8H2,(H2,20,26)(H,27,28). The number of primary amides is 1. The number of halogens is 1. The van der Waals surface area contributed by atoms with Gasteiger partial charge in [0.15, 0.2) is 11.3 Å². The summed E-state index contributed by atoms with van der Waals surface area (Å²) in [6, 6.07) is 9.53. The predicted octanol–water partition coefficient (Wildman–Crippen LogP) is 1.90. The molecule has 9 nitrogen and oxygen atoms in total. The first-order valence-electron chi connectivity index (χ1n) is 8.61. The number of carbonyl (C=O) groups excluding carboxylic acids is 1. The molecule has 0 bridgehead atoms. The van der Waals surface area contributed by atoms with E-state index in [0.717, 1.165) is 15.0 Å². The van der Waals surface area contributed by atoms with Gasteiger partial charge in [0, 0.05) is 37.4 Å². The fraction of sp³-hybridized carbons (Fsp3) is 0.222. The average Bonchev–Trinajstić information content (AvgIpc) is 3.07. The van der Waals surface area contributed by atoms with Crippen LogP contribution in [0.1, 0.15) is 10.5 Å². The Morgan fingerprint density at radius 1 is 1.11 bits per heavy atom. The Kier molecular flexibility index (Phi) is 4.79. The molecule has 1 saturated heterocycles. The molecule has 0 radical (unpaired) electrons. The molecule has 1 aliphatic heterocycles. The molecule has 3 heterocycles. The lowest BCUT2D eigenvalue weighted by Crippen LogP contribution is -2.48. The quantitative estimate of drug-likeness (QED) is 0.540. The maximum Gasteiger partial charge on any atom is 0.407 e. The van der Waals surface area contributed by atoms with Crippen LogP contribution >= 0.6 is 22.6 Å². The van der Waals surface area contributed by atoms with E-state index in [4.69, 9.17) is 10.8 Å². The van der Waals surface area contributed by atoms with Gasteiger partial charge in [0.25, 0.3) is 5.91 Å². The molecule has 0 atom stereocenters. The maximum atomic E-state index is 11.9. The van der Waals surface area contributed by atoms with E-state index in [1.165, 1.54) is 4.90 Å². The van der Waals surface area contributed by atoms with Gasteiger partial charge >= 0.3 is 6.09 Å². The third kappa shape index (κ3) is 3.35. The zero-order valence-corrected chi connectivity index (χ0v) is 16.9. The molecular weight excluding hydrogens is 475 g/mol. The molecule has 2 aromatic heterocycles. The lowest BCUT2D eigenvalue weighted by atomic mass is 10.0. The largest absolute Gasteiger partial charge is 0.465 e. The number of benzene rings is 1. The Morgan fingerprint density at radius 2 is 1.79 bits per heavy atom. The lowest BCUT2D eigenvalue weighted by molar-refractivity contribution is 0.0995. The number of aromatic nitrogens is 3. The second-order valence-electron chi connectivity index (χ2n) is 6.43. The third-order valence-corrected chi connectivity index (χ3v) is 5.51. The summed E-state index contributed by atoms with van der Waals surface area (Å²) >= 11 is 2.09. The Morgan fingerprint density at radius 3 is 2.39 bits per heavy atom. The molecule has 0 aliphatic carbocycles. The molecule has 1 aliphatic rings. The van der Waals surface area contributed by atoms with Crippen molar-refractivity contribution in [2.75, 3.05) is 31.1 Å². The SMILES string of the molecule is NC(=O)c1nn2c(I)cnc2cc1-c1ccc(N2CCN(C(=O)O)CC2)cc1. The van der Waals surface area contributed by atoms with E-state index in [9.17, 15) is 9.59 Å². The van der Waals surface area contributed by atoms with Gasteiger partial charge in [-0.25, -0.2) is 14.3 Å². The first kappa shape index (κ1) is 18.5. The second kappa shape index (κ2) is 7.26. The van der Waals surface area contributed by atoms with Crippen LogP contribution in [0.25, 0.3) is 16.8 Å². The van der Waals surface area contributed by atoms with Gasteiger partial charge in [-0.2, -0.15) is 5.10 Å². The van der Waals surface area contributed by atoms with Gasteiger partial charge < -0.3 is 20.6 Å². The summed E-state index contributed by atoms with van der Waals surface area (Å²) in [5.41, 5.74) is 8.81. The molecule has 28 heavy (non-hydrogen) atoms. The Balaban J connectivity index is 1.63. The molecular formula is C18H17IN6O3. The van der Waals surface area contributed by atoms with Crippen LogP contribution in [-0.2, 0) is 0 Å². The molecule has 4 rings (SSSR count). The Hall–Kier alpha value is -2.89. The van der Waals surface area contributed by atoms with Gasteiger partial charge in [0.2, 0.25) is 0 Å². The van der Waals surface area contributed by atoms with Gasteiger partial charge in [-0.3, -0.25) is 4.79 Å². The van der Waals surface area contributed by atoms with Crippen LogP contribution in [0, 0.1) is 3.70 Å². The number of piperazine rings is 1. The van der Waals surface area contributed by atoms with Crippen LogP contribution < -0.4 is 10.6 Å². The first-order chi connectivity index (χ1) is 13.4. The molecule has 0 saturated carbocycles. The Labute approximate surface area is 173 Å². The average molecular weight is 492 g/mol. The summed E-state index contributed by atoms with van der Waals surface area (Å²) in [4.78, 5) is 30.8. The van der Waals surface area contributed by atoms with Crippen molar-refractivity contribution in [2.24, 2.45) is 5.73 Å². The Bertz CT molecular complexity index is 1060. The normalized spacial score (nSPS) is 14.5. The first-order valence-corrected chi connectivity index (χ1v) is 9.69. The summed E-state index contributed by atoms with van der Waals surface area (Å²) in [6.07, 6.45) is 0.794. The topological polar surface area (TPSA) is 117 Å². The molecule has 144 valence electrons. The minimum Gasteiger partial charge on any atom is -0.465 e. The van der Waals surface area contributed by atoms with E-state index in [1.54, 1.807) is 16.8 Å². The maximum absolute atomic E-state index is 11.9. The number of nitrogens with two attached hydrogens (primary N) is 1. The van der Waals surface area contributed by atoms with Crippen LogP contribution in [0.15, 0.2) is 36.5 Å². The van der Waals surface area contributed by atoms with Crippen molar-refractivity contribution in [3.8, 4) is 11.1 Å². The van der Waals surface area contributed by atoms with E-state index in [0.29, 0.717) is 37.4 Å². The highest BCUT2D eigenvalue weighted by Gasteiger charge is 2.21. The van der Waals surface area contributed by atoms with Crippen molar-refractivity contribution in [3.05, 3.63) is 45.9 Å². The highest BCUT2D eigenvalue weighted by Crippen LogP contribution is 2.27. The molecule has 1 fully saturated rings. The van der Waals surface area contributed by atoms with Crippen LogP contribution in [0.5, 0.6) is 0 Å². The molecule has 1 aromatic carbocycles. The summed E-state index contributed by atoms with van der Waals surface area (Å²) in [6.45, 7) is 2.22. The van der Waals surface area contributed by atoms with Crippen LogP contribution in [0.3, 0.4) is 0 Å². The highest BCUT2D eigenvalue weighted by molar-refractivity contribution is 14.1. The van der Waals surface area contributed by atoms with Crippen molar-refractivity contribution in [2.45, 2.75) is 0 Å². The van der Waals surface area contributed by atoms with Crippen molar-refractivity contribution in [1.82, 2.24) is 19.5 Å². The molecule has 3 aromatic rings. The fourth-order valence-corrected chi connectivity index (χ4v) is 3.79. The second-order valence-corrected chi connectivity index (χ2v) is 7.53. The minimum absolute atomic E-state index is 0.186. The molecule has 3 N–H and O–H groups in total. The van der Waals surface area contributed by atoms with Gasteiger partial charge in [-0.05, 0) is 46.4 Å².